The summed E-state index contributed by atoms with van der Waals surface area (Å²) in [5.74, 6) is 0.953. The van der Waals surface area contributed by atoms with Gasteiger partial charge in [0.25, 0.3) is 0 Å². The quantitative estimate of drug-likeness (QED) is 0.473. The van der Waals surface area contributed by atoms with E-state index >= 15 is 0 Å². The highest BCUT2D eigenvalue weighted by Gasteiger charge is 2.16. The van der Waals surface area contributed by atoms with Crippen molar-refractivity contribution < 1.29 is 4.42 Å². The first-order chi connectivity index (χ1) is 13.7. The van der Waals surface area contributed by atoms with Crippen molar-refractivity contribution in [1.29, 1.82) is 0 Å². The Bertz CT molecular complexity index is 1010. The number of furan rings is 1. The Labute approximate surface area is 165 Å². The van der Waals surface area contributed by atoms with E-state index < -0.39 is 0 Å². The number of hydrogen-bond donors (Lipinski definition) is 0. The molecule has 0 radical (unpaired) electrons. The molecule has 0 aliphatic carbocycles. The van der Waals surface area contributed by atoms with Crippen LogP contribution in [0.3, 0.4) is 0 Å². The van der Waals surface area contributed by atoms with Crippen molar-refractivity contribution >= 4 is 0 Å². The van der Waals surface area contributed by atoms with Gasteiger partial charge in [0, 0.05) is 37.9 Å². The molecule has 142 valence electrons. The number of hydrogen-bond acceptors (Lipinski definition) is 4. The molecule has 1 aromatic carbocycles. The average Bonchev–Trinajstić information content (AvgIpc) is 3.36. The van der Waals surface area contributed by atoms with Crippen LogP contribution in [0.15, 0.2) is 77.9 Å². The van der Waals surface area contributed by atoms with E-state index in [9.17, 15) is 0 Å². The van der Waals surface area contributed by atoms with Gasteiger partial charge in [-0.05, 0) is 54.8 Å². The number of rotatable bonds is 7. The number of aromatic nitrogens is 3. The minimum atomic E-state index is 0.730. The van der Waals surface area contributed by atoms with Crippen LogP contribution < -0.4 is 0 Å². The minimum Gasteiger partial charge on any atom is -0.468 e. The largest absolute Gasteiger partial charge is 0.468 e. The zero-order valence-corrected chi connectivity index (χ0v) is 16.2. The van der Waals surface area contributed by atoms with E-state index in [1.54, 1.807) is 12.5 Å². The maximum Gasteiger partial charge on any atom is 0.117 e. The summed E-state index contributed by atoms with van der Waals surface area (Å²) in [4.78, 5) is 6.64. The lowest BCUT2D eigenvalue weighted by molar-refractivity contribution is 0.226. The van der Waals surface area contributed by atoms with Gasteiger partial charge in [-0.2, -0.15) is 5.10 Å². The van der Waals surface area contributed by atoms with Crippen molar-refractivity contribution in [3.8, 4) is 5.69 Å². The molecule has 28 heavy (non-hydrogen) atoms. The van der Waals surface area contributed by atoms with Gasteiger partial charge in [0.15, 0.2) is 0 Å². The molecule has 0 fully saturated rings. The SMILES string of the molecule is Cc1cc(C)c(-n2cccn2)c(CN(Cc2cccnc2)Cc2ccco2)c1. The zero-order chi connectivity index (χ0) is 19.3. The van der Waals surface area contributed by atoms with Crippen LogP contribution in [0, 0.1) is 13.8 Å². The van der Waals surface area contributed by atoms with Crippen LogP contribution in [-0.4, -0.2) is 19.7 Å². The second kappa shape index (κ2) is 8.23. The van der Waals surface area contributed by atoms with Crippen LogP contribution in [0.4, 0.5) is 0 Å². The lowest BCUT2D eigenvalue weighted by atomic mass is 10.0. The highest BCUT2D eigenvalue weighted by Crippen LogP contribution is 2.24. The van der Waals surface area contributed by atoms with Crippen LogP contribution >= 0.6 is 0 Å². The Kier molecular flexibility index (Phi) is 5.35. The molecule has 0 unspecified atom stereocenters. The molecule has 3 heterocycles. The summed E-state index contributed by atoms with van der Waals surface area (Å²) in [5.41, 5.74) is 6.04. The summed E-state index contributed by atoms with van der Waals surface area (Å²) < 4.78 is 7.57. The third-order valence-electron chi connectivity index (χ3n) is 4.74. The maximum absolute atomic E-state index is 5.61. The molecule has 0 bridgehead atoms. The molecule has 0 aliphatic rings. The first-order valence-electron chi connectivity index (χ1n) is 9.43. The summed E-state index contributed by atoms with van der Waals surface area (Å²) in [5, 5.41) is 4.47. The van der Waals surface area contributed by atoms with E-state index in [0.717, 1.165) is 31.1 Å². The number of aryl methyl sites for hydroxylation is 2. The Morgan fingerprint density at radius 1 is 1.00 bits per heavy atom. The van der Waals surface area contributed by atoms with E-state index in [0.29, 0.717) is 0 Å². The molecule has 4 aromatic rings. The van der Waals surface area contributed by atoms with Crippen molar-refractivity contribution in [2.45, 2.75) is 33.5 Å². The first kappa shape index (κ1) is 18.2. The predicted molar refractivity (Wildman–Crippen MR) is 109 cm³/mol. The molecule has 0 amide bonds. The van der Waals surface area contributed by atoms with Gasteiger partial charge in [0.05, 0.1) is 18.5 Å². The molecule has 5 nitrogen and oxygen atoms in total. The molecule has 3 aromatic heterocycles. The fourth-order valence-corrected chi connectivity index (χ4v) is 3.68. The van der Waals surface area contributed by atoms with Gasteiger partial charge in [-0.15, -0.1) is 0 Å². The lowest BCUT2D eigenvalue weighted by Crippen LogP contribution is -2.23. The van der Waals surface area contributed by atoms with E-state index in [1.807, 2.05) is 47.5 Å². The summed E-state index contributed by atoms with van der Waals surface area (Å²) in [6.07, 6.45) is 9.27. The third-order valence-corrected chi connectivity index (χ3v) is 4.74. The Balaban J connectivity index is 1.68. The molecular formula is C23H24N4O. The Morgan fingerprint density at radius 3 is 2.64 bits per heavy atom. The molecular weight excluding hydrogens is 348 g/mol. The summed E-state index contributed by atoms with van der Waals surface area (Å²) in [7, 11) is 0. The molecule has 0 atom stereocenters. The fourth-order valence-electron chi connectivity index (χ4n) is 3.68. The van der Waals surface area contributed by atoms with Gasteiger partial charge in [-0.3, -0.25) is 9.88 Å². The fraction of sp³-hybridized carbons (Fsp3) is 0.217. The third kappa shape index (κ3) is 4.21. The summed E-state index contributed by atoms with van der Waals surface area (Å²) in [6.45, 7) is 6.59. The van der Waals surface area contributed by atoms with Crippen molar-refractivity contribution in [2.24, 2.45) is 0 Å². The summed E-state index contributed by atoms with van der Waals surface area (Å²) >= 11 is 0. The maximum atomic E-state index is 5.61. The van der Waals surface area contributed by atoms with Crippen LogP contribution in [-0.2, 0) is 19.6 Å². The predicted octanol–water partition coefficient (Wildman–Crippen LogP) is 4.68. The van der Waals surface area contributed by atoms with Gasteiger partial charge < -0.3 is 4.42 Å². The van der Waals surface area contributed by atoms with E-state index in [-0.39, 0.29) is 0 Å². The van der Waals surface area contributed by atoms with Gasteiger partial charge in [0.1, 0.15) is 5.76 Å². The van der Waals surface area contributed by atoms with Crippen LogP contribution in [0.5, 0.6) is 0 Å². The smallest absolute Gasteiger partial charge is 0.117 e. The highest BCUT2D eigenvalue weighted by molar-refractivity contribution is 5.49. The normalized spacial score (nSPS) is 11.2. The summed E-state index contributed by atoms with van der Waals surface area (Å²) in [6, 6.07) is 14.5. The molecule has 5 heteroatoms. The van der Waals surface area contributed by atoms with Crippen molar-refractivity contribution in [3.63, 3.8) is 0 Å². The zero-order valence-electron chi connectivity index (χ0n) is 16.2. The number of nitrogens with zero attached hydrogens (tertiary/aromatic N) is 4. The van der Waals surface area contributed by atoms with Crippen molar-refractivity contribution in [2.75, 3.05) is 0 Å². The van der Waals surface area contributed by atoms with E-state index in [4.69, 9.17) is 4.42 Å². The topological polar surface area (TPSA) is 47.1 Å². The van der Waals surface area contributed by atoms with Gasteiger partial charge in [-0.25, -0.2) is 4.68 Å². The van der Waals surface area contributed by atoms with Crippen molar-refractivity contribution in [1.82, 2.24) is 19.7 Å². The molecule has 0 saturated heterocycles. The first-order valence-corrected chi connectivity index (χ1v) is 9.43. The van der Waals surface area contributed by atoms with Gasteiger partial charge in [-0.1, -0.05) is 23.8 Å². The van der Waals surface area contributed by atoms with Gasteiger partial charge >= 0.3 is 0 Å². The van der Waals surface area contributed by atoms with Crippen LogP contribution in [0.25, 0.3) is 5.69 Å². The Morgan fingerprint density at radius 2 is 1.93 bits per heavy atom. The van der Waals surface area contributed by atoms with Gasteiger partial charge in [0.2, 0.25) is 0 Å². The number of benzene rings is 1. The van der Waals surface area contributed by atoms with Crippen LogP contribution in [0.2, 0.25) is 0 Å². The second-order valence-corrected chi connectivity index (χ2v) is 7.13. The minimum absolute atomic E-state index is 0.730. The Hall–Kier alpha value is -3.18. The molecule has 0 N–H and O–H groups in total. The monoisotopic (exact) mass is 372 g/mol. The highest BCUT2D eigenvalue weighted by atomic mass is 16.3. The van der Waals surface area contributed by atoms with E-state index in [2.05, 4.69) is 47.0 Å². The van der Waals surface area contributed by atoms with Crippen LogP contribution in [0.1, 0.15) is 28.0 Å². The van der Waals surface area contributed by atoms with Crippen molar-refractivity contribution in [3.05, 3.63) is 102 Å². The molecule has 0 aliphatic heterocycles. The van der Waals surface area contributed by atoms with E-state index in [1.165, 1.54) is 22.3 Å². The number of pyridine rings is 1. The molecule has 4 rings (SSSR count). The lowest BCUT2D eigenvalue weighted by Gasteiger charge is -2.24. The second-order valence-electron chi connectivity index (χ2n) is 7.13. The molecule has 0 saturated carbocycles. The standard InChI is InChI=1S/C23H24N4O/c1-18-12-19(2)23(27-10-5-9-25-27)21(13-18)16-26(17-22-7-4-11-28-22)15-20-6-3-8-24-14-20/h3-14H,15-17H2,1-2H3. The molecule has 0 spiro atoms. The average molecular weight is 372 g/mol.